The average Bonchev–Trinajstić information content (AvgIpc) is 3.40. The third-order valence-electron chi connectivity index (χ3n) is 4.37. The van der Waals surface area contributed by atoms with E-state index in [2.05, 4.69) is 30.8 Å². The van der Waals surface area contributed by atoms with Gasteiger partial charge in [-0.1, -0.05) is 52.5 Å². The van der Waals surface area contributed by atoms with Crippen molar-refractivity contribution in [1.82, 2.24) is 24.8 Å². The molecule has 4 aromatic rings. The fraction of sp³-hybridized carbons (Fsp3) is 0. The molecule has 0 amide bonds. The van der Waals surface area contributed by atoms with Crippen molar-refractivity contribution in [2.24, 2.45) is 27.3 Å². The molecular formula is C19H15Cl4N11. The van der Waals surface area contributed by atoms with E-state index in [9.17, 15) is 0 Å². The van der Waals surface area contributed by atoms with Crippen LogP contribution in [0.2, 0.25) is 20.1 Å². The summed E-state index contributed by atoms with van der Waals surface area (Å²) in [5.41, 5.74) is 21.6. The molecule has 174 valence electrons. The number of hydrogen-bond donors (Lipinski definition) is 4. The summed E-state index contributed by atoms with van der Waals surface area (Å²) in [5, 5.41) is 17.2. The van der Waals surface area contributed by atoms with Gasteiger partial charge in [-0.25, -0.2) is 9.67 Å². The SMILES string of the molecule is NC(N)=Nn1nccc1-c1c(Cl)ccc(N=C(N)Nn2cnnc2-c2c(Cl)cccc2Cl)c1Cl. The summed E-state index contributed by atoms with van der Waals surface area (Å²) in [6.45, 7) is 0. The minimum Gasteiger partial charge on any atom is -0.369 e. The number of halogens is 4. The number of nitrogens with one attached hydrogen (secondary N) is 1. The van der Waals surface area contributed by atoms with Gasteiger partial charge in [0, 0.05) is 5.56 Å². The van der Waals surface area contributed by atoms with E-state index in [1.54, 1.807) is 36.4 Å². The Hall–Kier alpha value is -3.51. The third-order valence-corrected chi connectivity index (χ3v) is 5.70. The lowest BCUT2D eigenvalue weighted by Crippen LogP contribution is -2.30. The van der Waals surface area contributed by atoms with Crippen LogP contribution in [0.5, 0.6) is 0 Å². The zero-order chi connectivity index (χ0) is 24.4. The molecule has 0 aliphatic rings. The Bertz CT molecular complexity index is 1400. The normalized spacial score (nSPS) is 11.5. The van der Waals surface area contributed by atoms with E-state index in [-0.39, 0.29) is 16.9 Å². The van der Waals surface area contributed by atoms with Crippen LogP contribution in [0.15, 0.2) is 59.0 Å². The van der Waals surface area contributed by atoms with Crippen molar-refractivity contribution in [3.8, 4) is 22.6 Å². The molecule has 0 saturated carbocycles. The first kappa shape index (κ1) is 23.6. The fourth-order valence-electron chi connectivity index (χ4n) is 3.01. The van der Waals surface area contributed by atoms with Gasteiger partial charge in [-0.15, -0.1) is 20.1 Å². The maximum absolute atomic E-state index is 6.62. The zero-order valence-electron chi connectivity index (χ0n) is 17.0. The van der Waals surface area contributed by atoms with E-state index in [0.29, 0.717) is 43.4 Å². The second-order valence-electron chi connectivity index (χ2n) is 6.62. The van der Waals surface area contributed by atoms with Crippen LogP contribution in [0, 0.1) is 0 Å². The molecule has 0 unspecified atom stereocenters. The number of rotatable bonds is 5. The van der Waals surface area contributed by atoms with E-state index < -0.39 is 0 Å². The molecule has 11 nitrogen and oxygen atoms in total. The topological polar surface area (TPSA) is 163 Å². The van der Waals surface area contributed by atoms with E-state index in [1.807, 2.05) is 0 Å². The summed E-state index contributed by atoms with van der Waals surface area (Å²) in [7, 11) is 0. The molecule has 0 bridgehead atoms. The second kappa shape index (κ2) is 9.77. The molecule has 0 radical (unpaired) electrons. The van der Waals surface area contributed by atoms with Gasteiger partial charge >= 0.3 is 0 Å². The van der Waals surface area contributed by atoms with Crippen LogP contribution in [0.25, 0.3) is 22.6 Å². The molecule has 2 heterocycles. The van der Waals surface area contributed by atoms with Gasteiger partial charge in [-0.05, 0) is 30.3 Å². The Balaban J connectivity index is 1.70. The monoisotopic (exact) mass is 537 g/mol. The highest BCUT2D eigenvalue weighted by Gasteiger charge is 2.18. The maximum atomic E-state index is 6.62. The van der Waals surface area contributed by atoms with Crippen molar-refractivity contribution in [3.05, 3.63) is 69.0 Å². The van der Waals surface area contributed by atoms with Crippen molar-refractivity contribution < 1.29 is 0 Å². The van der Waals surface area contributed by atoms with Gasteiger partial charge < -0.3 is 17.2 Å². The molecular weight excluding hydrogens is 524 g/mol. The quantitative estimate of drug-likeness (QED) is 0.222. The number of nitrogens with two attached hydrogens (primary N) is 3. The largest absolute Gasteiger partial charge is 0.369 e. The first-order valence-electron chi connectivity index (χ1n) is 9.34. The smallest absolute Gasteiger partial charge is 0.213 e. The summed E-state index contributed by atoms with van der Waals surface area (Å²) in [6.07, 6.45) is 2.88. The standard InChI is InChI=1S/C19H15Cl4N11/c20-9-2-1-3-10(21)14(9)17-30-27-8-33(17)32-19(26)29-12-5-4-11(22)15(16(12)23)13-6-7-28-34(13)31-18(24)25/h1-8H,(H4,24,25,31)(H3,26,29,32). The maximum Gasteiger partial charge on any atom is 0.213 e. The molecule has 0 atom stereocenters. The van der Waals surface area contributed by atoms with Crippen LogP contribution in [0.3, 0.4) is 0 Å². The lowest BCUT2D eigenvalue weighted by atomic mass is 10.1. The minimum atomic E-state index is -0.191. The number of aliphatic imine (C=N–C) groups is 1. The van der Waals surface area contributed by atoms with Crippen LogP contribution < -0.4 is 22.6 Å². The highest BCUT2D eigenvalue weighted by molar-refractivity contribution is 6.41. The lowest BCUT2D eigenvalue weighted by Gasteiger charge is -2.12. The van der Waals surface area contributed by atoms with Crippen molar-refractivity contribution >= 4 is 64.0 Å². The third kappa shape index (κ3) is 4.73. The Morgan fingerprint density at radius 1 is 0.912 bits per heavy atom. The summed E-state index contributed by atoms with van der Waals surface area (Å²) >= 11 is 25.6. The summed E-state index contributed by atoms with van der Waals surface area (Å²) in [5.74, 6) is 0.109. The minimum absolute atomic E-state index is 0.0304. The predicted octanol–water partition coefficient (Wildman–Crippen LogP) is 3.65. The summed E-state index contributed by atoms with van der Waals surface area (Å²) < 4.78 is 1.42. The summed E-state index contributed by atoms with van der Waals surface area (Å²) in [6, 6.07) is 9.93. The van der Waals surface area contributed by atoms with Crippen molar-refractivity contribution in [2.45, 2.75) is 0 Å². The molecule has 34 heavy (non-hydrogen) atoms. The number of benzene rings is 2. The van der Waals surface area contributed by atoms with E-state index >= 15 is 0 Å². The van der Waals surface area contributed by atoms with E-state index in [1.165, 1.54) is 22.0 Å². The predicted molar refractivity (Wildman–Crippen MR) is 135 cm³/mol. The van der Waals surface area contributed by atoms with Crippen molar-refractivity contribution in [3.63, 3.8) is 0 Å². The van der Waals surface area contributed by atoms with Gasteiger partial charge in [0.1, 0.15) is 6.33 Å². The zero-order valence-corrected chi connectivity index (χ0v) is 20.0. The number of aromatic nitrogens is 5. The first-order chi connectivity index (χ1) is 16.3. The van der Waals surface area contributed by atoms with Crippen molar-refractivity contribution in [1.29, 1.82) is 0 Å². The molecule has 0 saturated heterocycles. The number of nitrogens with zero attached hydrogens (tertiary/aromatic N) is 7. The van der Waals surface area contributed by atoms with E-state index in [0.717, 1.165) is 0 Å². The Morgan fingerprint density at radius 2 is 1.62 bits per heavy atom. The second-order valence-corrected chi connectivity index (χ2v) is 8.22. The van der Waals surface area contributed by atoms with E-state index in [4.69, 9.17) is 63.6 Å². The number of guanidine groups is 2. The molecule has 2 aromatic heterocycles. The molecule has 4 rings (SSSR count). The van der Waals surface area contributed by atoms with Gasteiger partial charge in [-0.3, -0.25) is 5.43 Å². The van der Waals surface area contributed by atoms with Crippen molar-refractivity contribution in [2.75, 3.05) is 5.43 Å². The van der Waals surface area contributed by atoms with Crippen LogP contribution in [0.4, 0.5) is 5.69 Å². The van der Waals surface area contributed by atoms with Crippen LogP contribution in [-0.2, 0) is 0 Å². The van der Waals surface area contributed by atoms with Gasteiger partial charge in [0.25, 0.3) is 0 Å². The van der Waals surface area contributed by atoms with Crippen LogP contribution >= 0.6 is 46.4 Å². The molecule has 7 N–H and O–H groups in total. The molecule has 0 aliphatic carbocycles. The molecule has 0 spiro atoms. The first-order valence-corrected chi connectivity index (χ1v) is 10.9. The lowest BCUT2D eigenvalue weighted by molar-refractivity contribution is 0.745. The van der Waals surface area contributed by atoms with Gasteiger partial charge in [-0.2, -0.15) is 5.10 Å². The molecule has 0 aliphatic heterocycles. The summed E-state index contributed by atoms with van der Waals surface area (Å²) in [4.78, 5) is 5.55. The highest BCUT2D eigenvalue weighted by Crippen LogP contribution is 2.40. The van der Waals surface area contributed by atoms with Gasteiger partial charge in [0.15, 0.2) is 5.82 Å². The van der Waals surface area contributed by atoms with Crippen LogP contribution in [0.1, 0.15) is 0 Å². The Morgan fingerprint density at radius 3 is 2.32 bits per heavy atom. The fourth-order valence-corrected chi connectivity index (χ4v) is 4.18. The Kier molecular flexibility index (Phi) is 6.80. The number of hydrogen-bond acceptors (Lipinski definition) is 5. The Labute approximate surface area is 212 Å². The van der Waals surface area contributed by atoms with Gasteiger partial charge in [0.05, 0.1) is 43.2 Å². The molecule has 15 heteroatoms. The molecule has 0 fully saturated rings. The van der Waals surface area contributed by atoms with Gasteiger partial charge in [0.2, 0.25) is 11.9 Å². The molecule has 2 aromatic carbocycles. The highest BCUT2D eigenvalue weighted by atomic mass is 35.5. The van der Waals surface area contributed by atoms with Crippen LogP contribution in [-0.4, -0.2) is 36.7 Å². The average molecular weight is 539 g/mol.